The van der Waals surface area contributed by atoms with Gasteiger partial charge in [-0.1, -0.05) is 41.2 Å². The van der Waals surface area contributed by atoms with E-state index < -0.39 is 0 Å². The molecular formula is C16H20N2OS. The Bertz CT molecular complexity index is 608. The quantitative estimate of drug-likeness (QED) is 0.939. The highest BCUT2D eigenvalue weighted by Gasteiger charge is 2.23. The standard InChI is InChI=1S/C16H20N2OS/c1-11-5-3-6-12(9-11)10-18(2)16-17-13-7-4-8-14(19)15(13)20-16/h3,5-6,9,14,19H,4,7-8,10H2,1-2H3. The van der Waals surface area contributed by atoms with Crippen LogP contribution in [0.15, 0.2) is 24.3 Å². The van der Waals surface area contributed by atoms with Crippen molar-refractivity contribution in [3.05, 3.63) is 46.0 Å². The number of hydrogen-bond acceptors (Lipinski definition) is 4. The van der Waals surface area contributed by atoms with E-state index in [0.717, 1.165) is 41.5 Å². The minimum absolute atomic E-state index is 0.308. The van der Waals surface area contributed by atoms with Crippen LogP contribution in [-0.4, -0.2) is 17.1 Å². The third-order valence-electron chi connectivity index (χ3n) is 3.74. The van der Waals surface area contributed by atoms with Crippen molar-refractivity contribution in [1.29, 1.82) is 0 Å². The zero-order valence-corrected chi connectivity index (χ0v) is 12.8. The second-order valence-electron chi connectivity index (χ2n) is 5.56. The smallest absolute Gasteiger partial charge is 0.185 e. The topological polar surface area (TPSA) is 36.4 Å². The molecule has 3 nitrogen and oxygen atoms in total. The summed E-state index contributed by atoms with van der Waals surface area (Å²) in [5.74, 6) is 0. The van der Waals surface area contributed by atoms with E-state index >= 15 is 0 Å². The lowest BCUT2D eigenvalue weighted by atomic mass is 10.0. The molecule has 1 N–H and O–H groups in total. The van der Waals surface area contributed by atoms with Gasteiger partial charge in [0, 0.05) is 13.6 Å². The molecule has 0 saturated carbocycles. The summed E-state index contributed by atoms with van der Waals surface area (Å²) >= 11 is 1.64. The van der Waals surface area contributed by atoms with Gasteiger partial charge in [0.2, 0.25) is 0 Å². The number of thiazole rings is 1. The molecule has 0 radical (unpaired) electrons. The summed E-state index contributed by atoms with van der Waals surface area (Å²) < 4.78 is 0. The van der Waals surface area contributed by atoms with Crippen LogP contribution in [0.3, 0.4) is 0 Å². The fraction of sp³-hybridized carbons (Fsp3) is 0.438. The van der Waals surface area contributed by atoms with Crippen molar-refractivity contribution >= 4 is 16.5 Å². The molecule has 106 valence electrons. The average molecular weight is 288 g/mol. The first-order valence-corrected chi connectivity index (χ1v) is 7.89. The molecular weight excluding hydrogens is 268 g/mol. The Kier molecular flexibility index (Phi) is 3.76. The van der Waals surface area contributed by atoms with Gasteiger partial charge < -0.3 is 10.0 Å². The maximum absolute atomic E-state index is 10.0. The molecule has 0 bridgehead atoms. The average Bonchev–Trinajstić information content (AvgIpc) is 2.84. The highest BCUT2D eigenvalue weighted by atomic mass is 32.1. The van der Waals surface area contributed by atoms with Gasteiger partial charge in [-0.2, -0.15) is 0 Å². The molecule has 1 unspecified atom stereocenters. The van der Waals surface area contributed by atoms with Gasteiger partial charge >= 0.3 is 0 Å². The highest BCUT2D eigenvalue weighted by molar-refractivity contribution is 7.15. The maximum atomic E-state index is 10.0. The van der Waals surface area contributed by atoms with E-state index in [0.29, 0.717) is 0 Å². The van der Waals surface area contributed by atoms with Gasteiger partial charge in [0.25, 0.3) is 0 Å². The Hall–Kier alpha value is -1.39. The summed E-state index contributed by atoms with van der Waals surface area (Å²) in [4.78, 5) is 7.95. The van der Waals surface area contributed by atoms with Crippen molar-refractivity contribution in [2.75, 3.05) is 11.9 Å². The van der Waals surface area contributed by atoms with E-state index in [-0.39, 0.29) is 6.10 Å². The Morgan fingerprint density at radius 1 is 1.45 bits per heavy atom. The Labute approximate surface area is 123 Å². The molecule has 1 aromatic carbocycles. The van der Waals surface area contributed by atoms with Crippen LogP contribution in [0.5, 0.6) is 0 Å². The predicted octanol–water partition coefficient (Wildman–Crippen LogP) is 3.46. The van der Waals surface area contributed by atoms with Crippen LogP contribution >= 0.6 is 11.3 Å². The molecule has 20 heavy (non-hydrogen) atoms. The molecule has 0 aliphatic heterocycles. The third-order valence-corrected chi connectivity index (χ3v) is 5.05. The zero-order valence-electron chi connectivity index (χ0n) is 12.0. The summed E-state index contributed by atoms with van der Waals surface area (Å²) in [7, 11) is 2.07. The van der Waals surface area contributed by atoms with Gasteiger partial charge in [-0.15, -0.1) is 0 Å². The number of fused-ring (bicyclic) bond motifs is 1. The fourth-order valence-electron chi connectivity index (χ4n) is 2.70. The summed E-state index contributed by atoms with van der Waals surface area (Å²) in [6, 6.07) is 8.56. The van der Waals surface area contributed by atoms with Crippen LogP contribution in [0, 0.1) is 6.92 Å². The van der Waals surface area contributed by atoms with Gasteiger partial charge in [0.15, 0.2) is 5.13 Å². The normalized spacial score (nSPS) is 17.9. The lowest BCUT2D eigenvalue weighted by molar-refractivity contribution is 0.160. The molecule has 4 heteroatoms. The maximum Gasteiger partial charge on any atom is 0.185 e. The second kappa shape index (κ2) is 5.54. The molecule has 0 fully saturated rings. The highest BCUT2D eigenvalue weighted by Crippen LogP contribution is 2.37. The van der Waals surface area contributed by atoms with Crippen LogP contribution < -0.4 is 4.90 Å². The molecule has 2 aromatic rings. The van der Waals surface area contributed by atoms with E-state index in [1.165, 1.54) is 11.1 Å². The van der Waals surface area contributed by atoms with Crippen LogP contribution in [0.4, 0.5) is 5.13 Å². The van der Waals surface area contributed by atoms with Gasteiger partial charge in [-0.3, -0.25) is 0 Å². The summed E-state index contributed by atoms with van der Waals surface area (Å²) in [6.07, 6.45) is 2.61. The molecule has 1 aliphatic carbocycles. The summed E-state index contributed by atoms with van der Waals surface area (Å²) in [5.41, 5.74) is 3.67. The molecule has 3 rings (SSSR count). The van der Waals surface area contributed by atoms with Crippen LogP contribution in [-0.2, 0) is 13.0 Å². The molecule has 1 aromatic heterocycles. The predicted molar refractivity (Wildman–Crippen MR) is 83.3 cm³/mol. The fourth-order valence-corrected chi connectivity index (χ4v) is 3.79. The number of anilines is 1. The largest absolute Gasteiger partial charge is 0.388 e. The SMILES string of the molecule is Cc1cccc(CN(C)c2nc3c(s2)C(O)CCC3)c1. The number of aromatic nitrogens is 1. The number of benzene rings is 1. The second-order valence-corrected chi connectivity index (χ2v) is 6.57. The molecule has 0 amide bonds. The van der Waals surface area contributed by atoms with E-state index in [9.17, 15) is 5.11 Å². The molecule has 0 spiro atoms. The number of rotatable bonds is 3. The summed E-state index contributed by atoms with van der Waals surface area (Å²) in [5, 5.41) is 11.0. The first-order chi connectivity index (χ1) is 9.63. The van der Waals surface area contributed by atoms with E-state index in [1.807, 2.05) is 0 Å². The number of hydrogen-bond donors (Lipinski definition) is 1. The lowest BCUT2D eigenvalue weighted by Crippen LogP contribution is -2.16. The van der Waals surface area contributed by atoms with Crippen molar-refractivity contribution < 1.29 is 5.11 Å². The number of nitrogens with zero attached hydrogens (tertiary/aromatic N) is 2. The van der Waals surface area contributed by atoms with Crippen molar-refractivity contribution in [2.45, 2.75) is 38.8 Å². The van der Waals surface area contributed by atoms with Gasteiger partial charge in [-0.25, -0.2) is 4.98 Å². The Morgan fingerprint density at radius 2 is 2.30 bits per heavy atom. The minimum Gasteiger partial charge on any atom is -0.388 e. The van der Waals surface area contributed by atoms with Crippen LogP contribution in [0.1, 0.15) is 40.6 Å². The van der Waals surface area contributed by atoms with Crippen molar-refractivity contribution in [1.82, 2.24) is 4.98 Å². The van der Waals surface area contributed by atoms with Crippen molar-refractivity contribution in [3.63, 3.8) is 0 Å². The number of aryl methyl sites for hydroxylation is 2. The Morgan fingerprint density at radius 3 is 3.05 bits per heavy atom. The van der Waals surface area contributed by atoms with E-state index in [4.69, 9.17) is 4.98 Å². The van der Waals surface area contributed by atoms with Gasteiger partial charge in [0.05, 0.1) is 16.7 Å². The summed E-state index contributed by atoms with van der Waals surface area (Å²) in [6.45, 7) is 2.96. The van der Waals surface area contributed by atoms with Crippen molar-refractivity contribution in [3.8, 4) is 0 Å². The van der Waals surface area contributed by atoms with Crippen molar-refractivity contribution in [2.24, 2.45) is 0 Å². The van der Waals surface area contributed by atoms with E-state index in [1.54, 1.807) is 11.3 Å². The Balaban J connectivity index is 1.79. The zero-order chi connectivity index (χ0) is 14.1. The molecule has 0 saturated heterocycles. The monoisotopic (exact) mass is 288 g/mol. The van der Waals surface area contributed by atoms with Gasteiger partial charge in [0.1, 0.15) is 0 Å². The first-order valence-electron chi connectivity index (χ1n) is 7.08. The number of aliphatic hydroxyl groups is 1. The van der Waals surface area contributed by atoms with Crippen LogP contribution in [0.25, 0.3) is 0 Å². The number of aliphatic hydroxyl groups excluding tert-OH is 1. The van der Waals surface area contributed by atoms with Crippen LogP contribution in [0.2, 0.25) is 0 Å². The molecule has 1 heterocycles. The van der Waals surface area contributed by atoms with E-state index in [2.05, 4.69) is 43.1 Å². The molecule has 1 atom stereocenters. The van der Waals surface area contributed by atoms with Gasteiger partial charge in [-0.05, 0) is 31.7 Å². The lowest BCUT2D eigenvalue weighted by Gasteiger charge is -2.16. The molecule has 1 aliphatic rings. The minimum atomic E-state index is -0.308. The first kappa shape index (κ1) is 13.6. The third kappa shape index (κ3) is 2.72.